The molecule has 0 aromatic heterocycles. The first kappa shape index (κ1) is 22.5. The van der Waals surface area contributed by atoms with E-state index in [-0.39, 0.29) is 11.0 Å². The minimum absolute atomic E-state index is 0.153. The number of hydrogen-bond donors (Lipinski definition) is 2. The van der Waals surface area contributed by atoms with E-state index < -0.39 is 5.97 Å². The summed E-state index contributed by atoms with van der Waals surface area (Å²) in [6.45, 7) is 3.57. The molecule has 0 aliphatic carbocycles. The predicted molar refractivity (Wildman–Crippen MR) is 127 cm³/mol. The molecule has 1 fully saturated rings. The van der Waals surface area contributed by atoms with E-state index in [9.17, 15) is 9.59 Å². The average molecular weight is 439 g/mol. The van der Waals surface area contributed by atoms with Crippen LogP contribution in [0.25, 0.3) is 6.08 Å². The number of anilines is 2. The molecule has 162 valence electrons. The Labute approximate surface area is 187 Å². The Hall–Kier alpha value is -3.23. The van der Waals surface area contributed by atoms with Crippen LogP contribution in [0.2, 0.25) is 0 Å². The first-order valence-corrected chi connectivity index (χ1v) is 10.4. The second-order valence-corrected chi connectivity index (χ2v) is 7.61. The van der Waals surface area contributed by atoms with Crippen LogP contribution in [-0.4, -0.2) is 62.2 Å². The van der Waals surface area contributed by atoms with Crippen LogP contribution in [0.5, 0.6) is 0 Å². The lowest BCUT2D eigenvalue weighted by molar-refractivity contribution is -0.115. The number of esters is 1. The zero-order chi connectivity index (χ0) is 22.2. The molecule has 1 saturated heterocycles. The third-order valence-corrected chi connectivity index (χ3v) is 5.18. The summed E-state index contributed by atoms with van der Waals surface area (Å²) in [4.78, 5) is 28.7. The van der Waals surface area contributed by atoms with E-state index in [1.165, 1.54) is 13.2 Å². The topological polar surface area (TPSA) is 73.9 Å². The fourth-order valence-corrected chi connectivity index (χ4v) is 3.46. The van der Waals surface area contributed by atoms with E-state index in [4.69, 9.17) is 17.0 Å². The Kier molecular flexibility index (Phi) is 7.75. The summed E-state index contributed by atoms with van der Waals surface area (Å²) in [5, 5.41) is 5.87. The van der Waals surface area contributed by atoms with Gasteiger partial charge in [-0.05, 0) is 49.1 Å². The van der Waals surface area contributed by atoms with Crippen molar-refractivity contribution in [3.8, 4) is 0 Å². The fourth-order valence-electron chi connectivity index (χ4n) is 3.25. The van der Waals surface area contributed by atoms with Crippen molar-refractivity contribution in [1.29, 1.82) is 0 Å². The number of thiocarbonyl (C=S) groups is 1. The summed E-state index contributed by atoms with van der Waals surface area (Å²) >= 11 is 5.34. The van der Waals surface area contributed by atoms with E-state index in [1.54, 1.807) is 18.2 Å². The van der Waals surface area contributed by atoms with Gasteiger partial charge in [0.25, 0.3) is 0 Å². The summed E-state index contributed by atoms with van der Waals surface area (Å²) in [6, 6.07) is 14.8. The van der Waals surface area contributed by atoms with Crippen molar-refractivity contribution in [2.24, 2.45) is 0 Å². The fraction of sp³-hybridized carbons (Fsp3) is 0.261. The Morgan fingerprint density at radius 1 is 1.06 bits per heavy atom. The zero-order valence-corrected chi connectivity index (χ0v) is 18.4. The zero-order valence-electron chi connectivity index (χ0n) is 17.6. The van der Waals surface area contributed by atoms with Crippen molar-refractivity contribution in [3.05, 3.63) is 65.7 Å². The smallest absolute Gasteiger partial charge is 0.337 e. The number of nitrogens with zero attached hydrogens (tertiary/aromatic N) is 2. The number of amides is 1. The van der Waals surface area contributed by atoms with Crippen LogP contribution in [-0.2, 0) is 9.53 Å². The molecule has 2 N–H and O–H groups in total. The number of rotatable bonds is 5. The molecule has 0 atom stereocenters. The molecule has 2 aromatic carbocycles. The maximum Gasteiger partial charge on any atom is 0.337 e. The molecule has 8 heteroatoms. The summed E-state index contributed by atoms with van der Waals surface area (Å²) in [5.74, 6) is -0.777. The Morgan fingerprint density at radius 3 is 2.45 bits per heavy atom. The van der Waals surface area contributed by atoms with Gasteiger partial charge in [0.2, 0.25) is 5.91 Å². The maximum absolute atomic E-state index is 12.2. The minimum atomic E-state index is -0.436. The molecule has 2 aromatic rings. The van der Waals surface area contributed by atoms with Gasteiger partial charge in [0, 0.05) is 32.3 Å². The summed E-state index contributed by atoms with van der Waals surface area (Å²) in [5.41, 5.74) is 2.88. The van der Waals surface area contributed by atoms with Gasteiger partial charge in [-0.25, -0.2) is 4.79 Å². The summed E-state index contributed by atoms with van der Waals surface area (Å²) in [7, 11) is 3.43. The van der Waals surface area contributed by atoms with Gasteiger partial charge in [-0.1, -0.05) is 30.3 Å². The lowest BCUT2D eigenvalue weighted by Crippen LogP contribution is -2.45. The van der Waals surface area contributed by atoms with Gasteiger partial charge in [-0.15, -0.1) is 0 Å². The number of carbonyl (C=O) groups is 2. The molecule has 0 saturated carbocycles. The van der Waals surface area contributed by atoms with Crippen LogP contribution in [0.15, 0.2) is 54.6 Å². The van der Waals surface area contributed by atoms with E-state index in [2.05, 4.69) is 27.5 Å². The van der Waals surface area contributed by atoms with Gasteiger partial charge in [0.05, 0.1) is 24.0 Å². The van der Waals surface area contributed by atoms with Crippen molar-refractivity contribution in [2.75, 3.05) is 50.6 Å². The van der Waals surface area contributed by atoms with Crippen molar-refractivity contribution in [1.82, 2.24) is 10.2 Å². The van der Waals surface area contributed by atoms with Crippen LogP contribution < -0.4 is 15.5 Å². The molecule has 0 unspecified atom stereocenters. The Bertz CT molecular complexity index is 970. The molecule has 1 heterocycles. The predicted octanol–water partition coefficient (Wildman–Crippen LogP) is 2.75. The Morgan fingerprint density at radius 2 is 1.77 bits per heavy atom. The average Bonchev–Trinajstić information content (AvgIpc) is 2.78. The van der Waals surface area contributed by atoms with Gasteiger partial charge in [-0.3, -0.25) is 10.1 Å². The SMILES string of the molecule is COC(=O)c1ccc(N2CCN(C)CC2)c(NC(=S)NC(=O)/C=C/c2ccccc2)c1. The van der Waals surface area contributed by atoms with Crippen molar-refractivity contribution < 1.29 is 14.3 Å². The van der Waals surface area contributed by atoms with Crippen LogP contribution in [0, 0.1) is 0 Å². The second-order valence-electron chi connectivity index (χ2n) is 7.20. The standard InChI is InChI=1S/C23H26N4O3S/c1-26-12-14-27(15-13-26)20-10-9-18(22(29)30-2)16-19(20)24-23(31)25-21(28)11-8-17-6-4-3-5-7-17/h3-11,16H,12-15H2,1-2H3,(H2,24,25,28,31)/b11-8+. The van der Waals surface area contributed by atoms with Gasteiger partial charge in [-0.2, -0.15) is 0 Å². The van der Waals surface area contributed by atoms with E-state index in [0.717, 1.165) is 37.4 Å². The molecule has 31 heavy (non-hydrogen) atoms. The van der Waals surface area contributed by atoms with Crippen molar-refractivity contribution in [2.45, 2.75) is 0 Å². The maximum atomic E-state index is 12.2. The van der Waals surface area contributed by atoms with Crippen molar-refractivity contribution in [3.63, 3.8) is 0 Å². The molecule has 0 spiro atoms. The number of carbonyl (C=O) groups excluding carboxylic acids is 2. The van der Waals surface area contributed by atoms with E-state index in [1.807, 2.05) is 36.4 Å². The van der Waals surface area contributed by atoms with E-state index >= 15 is 0 Å². The lowest BCUT2D eigenvalue weighted by Gasteiger charge is -2.35. The van der Waals surface area contributed by atoms with Crippen LogP contribution in [0.1, 0.15) is 15.9 Å². The highest BCUT2D eigenvalue weighted by atomic mass is 32.1. The molecular weight excluding hydrogens is 412 g/mol. The normalized spacial score (nSPS) is 14.3. The molecule has 3 rings (SSSR count). The molecule has 1 aliphatic rings. The van der Waals surface area contributed by atoms with Crippen LogP contribution in [0.4, 0.5) is 11.4 Å². The second kappa shape index (κ2) is 10.7. The monoisotopic (exact) mass is 438 g/mol. The highest BCUT2D eigenvalue weighted by Gasteiger charge is 2.19. The van der Waals surface area contributed by atoms with Gasteiger partial charge >= 0.3 is 5.97 Å². The third kappa shape index (κ3) is 6.37. The molecule has 1 aliphatic heterocycles. The lowest BCUT2D eigenvalue weighted by atomic mass is 10.1. The quantitative estimate of drug-likeness (QED) is 0.422. The van der Waals surface area contributed by atoms with Crippen LogP contribution in [0.3, 0.4) is 0 Å². The van der Waals surface area contributed by atoms with Gasteiger partial charge in [0.15, 0.2) is 5.11 Å². The highest BCUT2D eigenvalue weighted by molar-refractivity contribution is 7.80. The largest absolute Gasteiger partial charge is 0.465 e. The minimum Gasteiger partial charge on any atom is -0.465 e. The number of methoxy groups -OCH3 is 1. The summed E-state index contributed by atoms with van der Waals surface area (Å²) < 4.78 is 4.84. The van der Waals surface area contributed by atoms with E-state index in [0.29, 0.717) is 11.3 Å². The van der Waals surface area contributed by atoms with Crippen molar-refractivity contribution >= 4 is 46.7 Å². The third-order valence-electron chi connectivity index (χ3n) is 4.97. The molecule has 7 nitrogen and oxygen atoms in total. The number of ether oxygens (including phenoxy) is 1. The van der Waals surface area contributed by atoms with Gasteiger partial charge < -0.3 is 19.9 Å². The highest BCUT2D eigenvalue weighted by Crippen LogP contribution is 2.28. The Balaban J connectivity index is 1.72. The first-order valence-electron chi connectivity index (χ1n) is 9.97. The van der Waals surface area contributed by atoms with Crippen LogP contribution >= 0.6 is 12.2 Å². The number of nitrogens with one attached hydrogen (secondary N) is 2. The first-order chi connectivity index (χ1) is 15.0. The molecule has 0 bridgehead atoms. The number of benzene rings is 2. The summed E-state index contributed by atoms with van der Waals surface area (Å²) in [6.07, 6.45) is 3.14. The number of likely N-dealkylation sites (N-methyl/N-ethyl adjacent to an activating group) is 1. The number of hydrogen-bond acceptors (Lipinski definition) is 6. The van der Waals surface area contributed by atoms with Gasteiger partial charge in [0.1, 0.15) is 0 Å². The molecule has 1 amide bonds. The molecule has 0 radical (unpaired) electrons. The molecular formula is C23H26N4O3S. The number of piperazine rings is 1.